The summed E-state index contributed by atoms with van der Waals surface area (Å²) in [4.78, 5) is 7.05. The summed E-state index contributed by atoms with van der Waals surface area (Å²) in [7, 11) is 0. The zero-order chi connectivity index (χ0) is 13.1. The van der Waals surface area contributed by atoms with Gasteiger partial charge in [0.25, 0.3) is 0 Å². The number of nitrogens with one attached hydrogen (secondary N) is 1. The average molecular weight is 264 g/mol. The molecule has 2 heterocycles. The molecule has 1 N–H and O–H groups in total. The summed E-state index contributed by atoms with van der Waals surface area (Å²) in [6.07, 6.45) is 6.39. The van der Waals surface area contributed by atoms with E-state index in [2.05, 4.69) is 27.3 Å². The Balaban J connectivity index is 1.60. The molecule has 0 bridgehead atoms. The molecule has 0 unspecified atom stereocenters. The van der Waals surface area contributed by atoms with E-state index in [-0.39, 0.29) is 0 Å². The Morgan fingerprint density at radius 1 is 1.32 bits per heavy atom. The fourth-order valence-corrected chi connectivity index (χ4v) is 3.15. The zero-order valence-electron chi connectivity index (χ0n) is 11.8. The van der Waals surface area contributed by atoms with Gasteiger partial charge in [0, 0.05) is 31.6 Å². The molecular weight excluding hydrogens is 240 g/mol. The fraction of sp³-hybridized carbons (Fsp3) is 0.857. The van der Waals surface area contributed by atoms with Crippen molar-refractivity contribution in [2.75, 3.05) is 19.6 Å². The minimum Gasteiger partial charge on any atom is -0.339 e. The van der Waals surface area contributed by atoms with Crippen LogP contribution < -0.4 is 5.32 Å². The van der Waals surface area contributed by atoms with Gasteiger partial charge in [0.2, 0.25) is 5.89 Å². The molecule has 1 aliphatic heterocycles. The number of aromatic nitrogens is 2. The van der Waals surface area contributed by atoms with Gasteiger partial charge in [-0.3, -0.25) is 4.90 Å². The van der Waals surface area contributed by atoms with E-state index in [0.717, 1.165) is 37.9 Å². The van der Waals surface area contributed by atoms with Gasteiger partial charge >= 0.3 is 0 Å². The van der Waals surface area contributed by atoms with Crippen molar-refractivity contribution < 1.29 is 4.52 Å². The highest BCUT2D eigenvalue weighted by molar-refractivity contribution is 4.96. The summed E-state index contributed by atoms with van der Waals surface area (Å²) in [5, 5.41) is 7.57. The topological polar surface area (TPSA) is 54.2 Å². The second kappa shape index (κ2) is 6.01. The van der Waals surface area contributed by atoms with Crippen LogP contribution in [-0.4, -0.2) is 40.7 Å². The monoisotopic (exact) mass is 264 g/mol. The molecule has 1 saturated carbocycles. The van der Waals surface area contributed by atoms with Crippen LogP contribution in [-0.2, 0) is 6.54 Å². The van der Waals surface area contributed by atoms with E-state index in [1.807, 2.05) is 0 Å². The van der Waals surface area contributed by atoms with Crippen LogP contribution in [0.4, 0.5) is 0 Å². The van der Waals surface area contributed by atoms with Gasteiger partial charge in [0.1, 0.15) is 0 Å². The first-order valence-corrected chi connectivity index (χ1v) is 7.60. The van der Waals surface area contributed by atoms with Crippen LogP contribution in [0.3, 0.4) is 0 Å². The van der Waals surface area contributed by atoms with E-state index < -0.39 is 0 Å². The molecule has 0 aromatic carbocycles. The van der Waals surface area contributed by atoms with Gasteiger partial charge in [-0.05, 0) is 19.8 Å². The van der Waals surface area contributed by atoms with E-state index in [1.165, 1.54) is 32.1 Å². The number of rotatable bonds is 3. The Morgan fingerprint density at radius 3 is 2.95 bits per heavy atom. The molecule has 2 fully saturated rings. The summed E-state index contributed by atoms with van der Waals surface area (Å²) < 4.78 is 5.48. The second-order valence-electron chi connectivity index (χ2n) is 5.91. The number of hydrogen-bond donors (Lipinski definition) is 1. The first-order valence-electron chi connectivity index (χ1n) is 7.60. The maximum absolute atomic E-state index is 5.48. The van der Waals surface area contributed by atoms with Crippen LogP contribution in [0, 0.1) is 0 Å². The molecular formula is C14H24N4O. The SMILES string of the molecule is C[C@H]1CNCCN1Cc1noc(C2CCCCC2)n1. The van der Waals surface area contributed by atoms with Gasteiger partial charge in [-0.15, -0.1) is 0 Å². The van der Waals surface area contributed by atoms with Crippen molar-refractivity contribution in [2.45, 2.75) is 57.5 Å². The van der Waals surface area contributed by atoms with E-state index in [1.54, 1.807) is 0 Å². The van der Waals surface area contributed by atoms with Gasteiger partial charge in [-0.1, -0.05) is 24.4 Å². The Kier molecular flexibility index (Phi) is 4.13. The number of hydrogen-bond acceptors (Lipinski definition) is 5. The van der Waals surface area contributed by atoms with Crippen molar-refractivity contribution in [3.63, 3.8) is 0 Å². The highest BCUT2D eigenvalue weighted by Gasteiger charge is 2.24. The Labute approximate surface area is 114 Å². The molecule has 0 spiro atoms. The van der Waals surface area contributed by atoms with Gasteiger partial charge in [0.15, 0.2) is 5.82 Å². The number of piperazine rings is 1. The predicted molar refractivity (Wildman–Crippen MR) is 72.9 cm³/mol. The lowest BCUT2D eigenvalue weighted by molar-refractivity contribution is 0.160. The Morgan fingerprint density at radius 2 is 2.16 bits per heavy atom. The minimum absolute atomic E-state index is 0.510. The molecule has 5 heteroatoms. The molecule has 106 valence electrons. The van der Waals surface area contributed by atoms with Crippen molar-refractivity contribution in [1.29, 1.82) is 0 Å². The van der Waals surface area contributed by atoms with Crippen molar-refractivity contribution >= 4 is 0 Å². The van der Waals surface area contributed by atoms with Crippen molar-refractivity contribution in [3.05, 3.63) is 11.7 Å². The standard InChI is InChI=1S/C14H24N4O/c1-11-9-15-7-8-18(11)10-13-16-14(19-17-13)12-5-3-2-4-6-12/h11-12,15H,2-10H2,1H3/t11-/m0/s1. The summed E-state index contributed by atoms with van der Waals surface area (Å²) in [5.41, 5.74) is 0. The highest BCUT2D eigenvalue weighted by Crippen LogP contribution is 2.31. The zero-order valence-corrected chi connectivity index (χ0v) is 11.8. The molecule has 1 atom stereocenters. The van der Waals surface area contributed by atoms with Crippen LogP contribution in [0.1, 0.15) is 56.7 Å². The summed E-state index contributed by atoms with van der Waals surface area (Å²) in [6.45, 7) is 6.23. The lowest BCUT2D eigenvalue weighted by Crippen LogP contribution is -2.49. The average Bonchev–Trinajstić information content (AvgIpc) is 2.91. The molecule has 5 nitrogen and oxygen atoms in total. The van der Waals surface area contributed by atoms with Gasteiger partial charge < -0.3 is 9.84 Å². The maximum Gasteiger partial charge on any atom is 0.229 e. The normalized spacial score (nSPS) is 26.7. The highest BCUT2D eigenvalue weighted by atomic mass is 16.5. The molecule has 1 aromatic rings. The molecule has 0 amide bonds. The Bertz CT molecular complexity index is 400. The van der Waals surface area contributed by atoms with Crippen molar-refractivity contribution in [3.8, 4) is 0 Å². The van der Waals surface area contributed by atoms with Crippen LogP contribution in [0.15, 0.2) is 4.52 Å². The van der Waals surface area contributed by atoms with Crippen LogP contribution in [0.25, 0.3) is 0 Å². The third-order valence-corrected chi connectivity index (χ3v) is 4.42. The minimum atomic E-state index is 0.510. The van der Waals surface area contributed by atoms with Gasteiger partial charge in [-0.25, -0.2) is 0 Å². The Hall–Kier alpha value is -0.940. The molecule has 1 aliphatic carbocycles. The molecule has 1 aromatic heterocycles. The molecule has 3 rings (SSSR count). The summed E-state index contributed by atoms with van der Waals surface area (Å²) >= 11 is 0. The van der Waals surface area contributed by atoms with E-state index in [4.69, 9.17) is 4.52 Å². The molecule has 0 radical (unpaired) electrons. The van der Waals surface area contributed by atoms with E-state index >= 15 is 0 Å². The maximum atomic E-state index is 5.48. The molecule has 19 heavy (non-hydrogen) atoms. The first kappa shape index (κ1) is 13.1. The largest absolute Gasteiger partial charge is 0.339 e. The summed E-state index contributed by atoms with van der Waals surface area (Å²) in [5.74, 6) is 2.24. The quantitative estimate of drug-likeness (QED) is 0.904. The fourth-order valence-electron chi connectivity index (χ4n) is 3.15. The van der Waals surface area contributed by atoms with Crippen molar-refractivity contribution in [2.24, 2.45) is 0 Å². The van der Waals surface area contributed by atoms with Crippen LogP contribution in [0.2, 0.25) is 0 Å². The van der Waals surface area contributed by atoms with Crippen LogP contribution >= 0.6 is 0 Å². The molecule has 2 aliphatic rings. The third kappa shape index (κ3) is 3.15. The smallest absolute Gasteiger partial charge is 0.229 e. The van der Waals surface area contributed by atoms with Crippen molar-refractivity contribution in [1.82, 2.24) is 20.4 Å². The predicted octanol–water partition coefficient (Wildman–Crippen LogP) is 1.91. The molecule has 1 saturated heterocycles. The van der Waals surface area contributed by atoms with E-state index in [0.29, 0.717) is 12.0 Å². The first-order chi connectivity index (χ1) is 9.33. The number of nitrogens with zero attached hydrogens (tertiary/aromatic N) is 3. The van der Waals surface area contributed by atoms with Gasteiger partial charge in [-0.2, -0.15) is 4.98 Å². The lowest BCUT2D eigenvalue weighted by atomic mass is 9.89. The van der Waals surface area contributed by atoms with E-state index in [9.17, 15) is 0 Å². The third-order valence-electron chi connectivity index (χ3n) is 4.42. The van der Waals surface area contributed by atoms with Crippen LogP contribution in [0.5, 0.6) is 0 Å². The summed E-state index contributed by atoms with van der Waals surface area (Å²) in [6, 6.07) is 0.547. The second-order valence-corrected chi connectivity index (χ2v) is 5.91. The van der Waals surface area contributed by atoms with Gasteiger partial charge in [0.05, 0.1) is 6.54 Å². The lowest BCUT2D eigenvalue weighted by Gasteiger charge is -2.32.